The number of ether oxygens (including phenoxy) is 1. The van der Waals surface area contributed by atoms with Crippen LogP contribution in [-0.2, 0) is 14.3 Å². The van der Waals surface area contributed by atoms with E-state index in [4.69, 9.17) is 27.9 Å². The number of amidine groups is 1. The third-order valence-electron chi connectivity index (χ3n) is 7.92. The molecule has 1 aromatic rings. The van der Waals surface area contributed by atoms with Gasteiger partial charge in [-0.05, 0) is 58.2 Å². The summed E-state index contributed by atoms with van der Waals surface area (Å²) in [4.78, 5) is 43.8. The lowest BCUT2D eigenvalue weighted by Gasteiger charge is -2.42. The molecule has 0 bridgehead atoms. The van der Waals surface area contributed by atoms with Crippen LogP contribution in [0.5, 0.6) is 0 Å². The molecule has 3 heterocycles. The maximum absolute atomic E-state index is 12.5. The highest BCUT2D eigenvalue weighted by molar-refractivity contribution is 6.42. The maximum atomic E-state index is 12.5. The summed E-state index contributed by atoms with van der Waals surface area (Å²) in [6, 6.07) is 5.78. The number of nitrogens with zero attached hydrogens (tertiary/aromatic N) is 5. The predicted molar refractivity (Wildman–Crippen MR) is 170 cm³/mol. The van der Waals surface area contributed by atoms with Crippen molar-refractivity contribution in [1.82, 2.24) is 25.3 Å². The number of piperazine rings is 1. The molecule has 3 aliphatic heterocycles. The van der Waals surface area contributed by atoms with E-state index in [1.165, 1.54) is 0 Å². The number of hydrogen-bond donors (Lipinski definition) is 2. The van der Waals surface area contributed by atoms with Crippen LogP contribution in [0.2, 0.25) is 10.0 Å². The van der Waals surface area contributed by atoms with Crippen molar-refractivity contribution >= 4 is 52.6 Å². The Balaban J connectivity index is 1.08. The zero-order valence-corrected chi connectivity index (χ0v) is 27.2. The first kappa shape index (κ1) is 33.3. The Morgan fingerprint density at radius 2 is 1.70 bits per heavy atom. The molecule has 13 heteroatoms. The number of amides is 3. The van der Waals surface area contributed by atoms with E-state index in [1.807, 2.05) is 38.7 Å². The zero-order chi connectivity index (χ0) is 31.1. The Morgan fingerprint density at radius 1 is 1.00 bits per heavy atom. The van der Waals surface area contributed by atoms with E-state index in [0.717, 1.165) is 44.7 Å². The summed E-state index contributed by atoms with van der Waals surface area (Å²) in [5, 5.41) is 13.1. The van der Waals surface area contributed by atoms with Crippen LogP contribution in [0.15, 0.2) is 23.3 Å². The molecule has 2 saturated heterocycles. The van der Waals surface area contributed by atoms with Crippen LogP contribution in [-0.4, -0.2) is 109 Å². The van der Waals surface area contributed by atoms with Gasteiger partial charge >= 0.3 is 6.09 Å². The normalized spacial score (nSPS) is 20.6. The lowest BCUT2D eigenvalue weighted by molar-refractivity contribution is -0.123. The lowest BCUT2D eigenvalue weighted by Crippen LogP contribution is -2.55. The Hall–Kier alpha value is -2.60. The molecule has 1 aromatic carbocycles. The van der Waals surface area contributed by atoms with Gasteiger partial charge in [-0.2, -0.15) is 5.10 Å². The van der Waals surface area contributed by atoms with Gasteiger partial charge in [0.05, 0.1) is 28.8 Å². The summed E-state index contributed by atoms with van der Waals surface area (Å²) in [5.41, 5.74) is 0.336. The molecule has 238 valence electrons. The van der Waals surface area contributed by atoms with Crippen LogP contribution >= 0.6 is 23.2 Å². The highest BCUT2D eigenvalue weighted by Gasteiger charge is 2.31. The average molecular weight is 639 g/mol. The maximum Gasteiger partial charge on any atom is 0.410 e. The first-order valence-corrected chi connectivity index (χ1v) is 16.0. The number of carbonyl (C=O) groups is 3. The summed E-state index contributed by atoms with van der Waals surface area (Å²) in [6.07, 6.45) is 2.49. The van der Waals surface area contributed by atoms with Gasteiger partial charge in [0, 0.05) is 64.2 Å². The highest BCUT2D eigenvalue weighted by Crippen LogP contribution is 2.29. The highest BCUT2D eigenvalue weighted by atomic mass is 35.5. The van der Waals surface area contributed by atoms with Crippen molar-refractivity contribution in [3.63, 3.8) is 0 Å². The first-order chi connectivity index (χ1) is 20.4. The molecule has 3 aliphatic rings. The van der Waals surface area contributed by atoms with Gasteiger partial charge in [-0.3, -0.25) is 24.4 Å². The Bertz CT molecular complexity index is 1180. The molecule has 0 aromatic heterocycles. The van der Waals surface area contributed by atoms with Crippen molar-refractivity contribution in [1.29, 1.82) is 0 Å². The van der Waals surface area contributed by atoms with Gasteiger partial charge in [-0.1, -0.05) is 30.1 Å². The summed E-state index contributed by atoms with van der Waals surface area (Å²) >= 11 is 12.1. The van der Waals surface area contributed by atoms with Gasteiger partial charge in [0.1, 0.15) is 11.4 Å². The third kappa shape index (κ3) is 9.96. The second-order valence-corrected chi connectivity index (χ2v) is 13.4. The number of hydrazone groups is 1. The summed E-state index contributed by atoms with van der Waals surface area (Å²) in [7, 11) is 0. The smallest absolute Gasteiger partial charge is 0.410 e. The molecule has 2 fully saturated rings. The Morgan fingerprint density at radius 3 is 2.35 bits per heavy atom. The van der Waals surface area contributed by atoms with Crippen LogP contribution in [0.25, 0.3) is 0 Å². The quantitative estimate of drug-likeness (QED) is 0.417. The van der Waals surface area contributed by atoms with Crippen molar-refractivity contribution in [2.24, 2.45) is 11.0 Å². The summed E-state index contributed by atoms with van der Waals surface area (Å²) < 4.78 is 5.51. The number of carbonyl (C=O) groups excluding carboxylic acids is 3. The molecule has 1 atom stereocenters. The second-order valence-electron chi connectivity index (χ2n) is 12.6. The minimum Gasteiger partial charge on any atom is -0.444 e. The van der Waals surface area contributed by atoms with Crippen LogP contribution in [0.3, 0.4) is 0 Å². The molecule has 0 aliphatic carbocycles. The van der Waals surface area contributed by atoms with Gasteiger partial charge in [-0.25, -0.2) is 4.79 Å². The first-order valence-electron chi connectivity index (χ1n) is 15.2. The number of nitrogens with one attached hydrogen (secondary N) is 2. The number of rotatable bonds is 8. The fraction of sp³-hybridized carbons (Fsp3) is 0.667. The molecule has 0 spiro atoms. The van der Waals surface area contributed by atoms with E-state index in [2.05, 4.69) is 25.5 Å². The van der Waals surface area contributed by atoms with Gasteiger partial charge in [0.2, 0.25) is 11.8 Å². The van der Waals surface area contributed by atoms with Crippen molar-refractivity contribution in [3.8, 4) is 0 Å². The largest absolute Gasteiger partial charge is 0.444 e. The van der Waals surface area contributed by atoms with Crippen LogP contribution < -0.4 is 15.6 Å². The van der Waals surface area contributed by atoms with E-state index in [-0.39, 0.29) is 23.8 Å². The lowest BCUT2D eigenvalue weighted by atomic mass is 10.0. The molecule has 4 rings (SSSR count). The molecular formula is C30H45Cl2N7O4. The van der Waals surface area contributed by atoms with Crippen molar-refractivity contribution in [2.45, 2.75) is 65.0 Å². The van der Waals surface area contributed by atoms with Crippen molar-refractivity contribution < 1.29 is 19.1 Å². The third-order valence-corrected chi connectivity index (χ3v) is 8.66. The molecule has 3 amide bonds. The van der Waals surface area contributed by atoms with E-state index in [1.54, 1.807) is 17.1 Å². The molecule has 0 radical (unpaired) electrons. The van der Waals surface area contributed by atoms with E-state index < -0.39 is 5.60 Å². The van der Waals surface area contributed by atoms with Crippen LogP contribution in [0.1, 0.15) is 53.4 Å². The minimum atomic E-state index is -0.479. The summed E-state index contributed by atoms with van der Waals surface area (Å²) in [6.45, 7) is 14.0. The fourth-order valence-corrected chi connectivity index (χ4v) is 5.83. The predicted octanol–water partition coefficient (Wildman–Crippen LogP) is 3.79. The number of likely N-dealkylation sites (tertiary alicyclic amines) is 1. The number of halogens is 2. The van der Waals surface area contributed by atoms with Gasteiger partial charge in [0.25, 0.3) is 0 Å². The van der Waals surface area contributed by atoms with Crippen molar-refractivity contribution in [3.05, 3.63) is 28.2 Å². The van der Waals surface area contributed by atoms with E-state index >= 15 is 0 Å². The SMILES string of the molecule is CC1CN(c2ccc(Cl)c(Cl)c2)N=C1NC(=O)CCCNC(=O)CN1CCN(C2CCN(C(=O)OC(C)(C)C)CC2)CC1. The second kappa shape index (κ2) is 14.9. The van der Waals surface area contributed by atoms with Crippen LogP contribution in [0.4, 0.5) is 10.5 Å². The number of piperidine rings is 1. The summed E-state index contributed by atoms with van der Waals surface area (Å²) in [5.74, 6) is 0.533. The Kier molecular flexibility index (Phi) is 11.6. The van der Waals surface area contributed by atoms with E-state index in [0.29, 0.717) is 67.5 Å². The number of benzene rings is 1. The monoisotopic (exact) mass is 637 g/mol. The average Bonchev–Trinajstić information content (AvgIpc) is 3.32. The molecule has 43 heavy (non-hydrogen) atoms. The van der Waals surface area contributed by atoms with Crippen LogP contribution in [0, 0.1) is 5.92 Å². The van der Waals surface area contributed by atoms with E-state index in [9.17, 15) is 14.4 Å². The van der Waals surface area contributed by atoms with Crippen molar-refractivity contribution in [2.75, 3.05) is 63.9 Å². The molecule has 0 saturated carbocycles. The molecule has 11 nitrogen and oxygen atoms in total. The number of anilines is 1. The number of hydrogen-bond acceptors (Lipinski definition) is 8. The fourth-order valence-electron chi connectivity index (χ4n) is 5.54. The zero-order valence-electron chi connectivity index (χ0n) is 25.7. The molecular weight excluding hydrogens is 593 g/mol. The van der Waals surface area contributed by atoms with Gasteiger partial charge < -0.3 is 20.3 Å². The standard InChI is InChI=1S/C30H45Cl2N7O4/c1-21-19-39(23-7-8-24(31)25(32)18-23)35-28(21)34-26(40)6-5-11-33-27(41)20-36-14-16-37(17-15-36)22-9-12-38(13-10-22)29(42)43-30(2,3)4/h7-8,18,21-22H,5-6,9-17,19-20H2,1-4H3,(H,33,41)(H,34,35,40). The minimum absolute atomic E-state index is 0.0226. The topological polar surface area (TPSA) is 110 Å². The van der Waals surface area contributed by atoms with Gasteiger partial charge in [0.15, 0.2) is 0 Å². The Labute approximate surface area is 264 Å². The molecule has 2 N–H and O–H groups in total. The molecule has 1 unspecified atom stereocenters. The van der Waals surface area contributed by atoms with Gasteiger partial charge in [-0.15, -0.1) is 0 Å².